The summed E-state index contributed by atoms with van der Waals surface area (Å²) in [6.45, 7) is 0. The van der Waals surface area contributed by atoms with Crippen molar-refractivity contribution in [2.45, 2.75) is 70.0 Å². The van der Waals surface area contributed by atoms with Gasteiger partial charge in [0.2, 0.25) is 5.91 Å². The maximum Gasteiger partial charge on any atom is 0.391 e. The molecule has 2 atom stereocenters. The van der Waals surface area contributed by atoms with E-state index in [1.54, 1.807) is 0 Å². The zero-order chi connectivity index (χ0) is 13.9. The fraction of sp³-hybridized carbons (Fsp3) is 0.929. The van der Waals surface area contributed by atoms with Gasteiger partial charge in [-0.05, 0) is 32.1 Å². The van der Waals surface area contributed by atoms with Gasteiger partial charge in [-0.1, -0.05) is 25.7 Å². The Morgan fingerprint density at radius 1 is 0.947 bits per heavy atom. The molecule has 0 aromatic carbocycles. The number of rotatable bonds is 2. The molecule has 2 saturated carbocycles. The highest BCUT2D eigenvalue weighted by Gasteiger charge is 2.42. The van der Waals surface area contributed by atoms with Crippen LogP contribution in [0.1, 0.15) is 57.8 Å². The molecule has 0 radical (unpaired) electrons. The number of carbonyl (C=O) groups excluding carboxylic acids is 1. The van der Waals surface area contributed by atoms with Crippen LogP contribution in [0.2, 0.25) is 0 Å². The predicted octanol–water partition coefficient (Wildman–Crippen LogP) is 3.80. The van der Waals surface area contributed by atoms with Gasteiger partial charge < -0.3 is 5.32 Å². The smallest absolute Gasteiger partial charge is 0.353 e. The molecule has 0 unspecified atom stereocenters. The van der Waals surface area contributed by atoms with E-state index in [9.17, 15) is 18.0 Å². The Morgan fingerprint density at radius 2 is 1.63 bits per heavy atom. The van der Waals surface area contributed by atoms with Crippen molar-refractivity contribution in [2.24, 2.45) is 11.8 Å². The fourth-order valence-corrected chi connectivity index (χ4v) is 3.30. The lowest BCUT2D eigenvalue weighted by molar-refractivity contribution is -0.184. The van der Waals surface area contributed by atoms with E-state index >= 15 is 0 Å². The highest BCUT2D eigenvalue weighted by Crippen LogP contribution is 2.37. The Balaban J connectivity index is 1.83. The standard InChI is InChI=1S/C14H22F3NO/c15-14(16,17)11-7-4-8-12(9-11)18-13(19)10-5-2-1-3-6-10/h10-12H,1-9H2,(H,18,19)/t11-,12-/m1/s1. The van der Waals surface area contributed by atoms with Crippen LogP contribution in [0.15, 0.2) is 0 Å². The number of halogens is 3. The van der Waals surface area contributed by atoms with Gasteiger partial charge in [0.05, 0.1) is 5.92 Å². The summed E-state index contributed by atoms with van der Waals surface area (Å²) < 4.78 is 38.1. The number of hydrogen-bond acceptors (Lipinski definition) is 1. The van der Waals surface area contributed by atoms with E-state index in [2.05, 4.69) is 5.32 Å². The molecule has 0 aromatic heterocycles. The molecule has 2 nitrogen and oxygen atoms in total. The summed E-state index contributed by atoms with van der Waals surface area (Å²) in [6.07, 6.45) is 2.47. The molecule has 1 amide bonds. The molecular formula is C14H22F3NO. The van der Waals surface area contributed by atoms with E-state index < -0.39 is 12.1 Å². The highest BCUT2D eigenvalue weighted by atomic mass is 19.4. The maximum atomic E-state index is 12.7. The molecule has 0 aliphatic heterocycles. The summed E-state index contributed by atoms with van der Waals surface area (Å²) in [5.41, 5.74) is 0. The van der Waals surface area contributed by atoms with E-state index in [0.29, 0.717) is 12.8 Å². The predicted molar refractivity (Wildman–Crippen MR) is 66.5 cm³/mol. The summed E-state index contributed by atoms with van der Waals surface area (Å²) in [7, 11) is 0. The van der Waals surface area contributed by atoms with Crippen LogP contribution in [0, 0.1) is 11.8 Å². The van der Waals surface area contributed by atoms with E-state index in [1.165, 1.54) is 6.42 Å². The molecule has 2 fully saturated rings. The van der Waals surface area contributed by atoms with Crippen LogP contribution >= 0.6 is 0 Å². The van der Waals surface area contributed by atoms with E-state index in [4.69, 9.17) is 0 Å². The highest BCUT2D eigenvalue weighted by molar-refractivity contribution is 5.79. The van der Waals surface area contributed by atoms with Crippen molar-refractivity contribution in [3.8, 4) is 0 Å². The first-order valence-corrected chi connectivity index (χ1v) is 7.34. The minimum atomic E-state index is -4.12. The number of nitrogens with one attached hydrogen (secondary N) is 1. The summed E-state index contributed by atoms with van der Waals surface area (Å²) in [6, 6.07) is -0.283. The van der Waals surface area contributed by atoms with Gasteiger partial charge in [0.25, 0.3) is 0 Å². The van der Waals surface area contributed by atoms with Crippen LogP contribution in [0.4, 0.5) is 13.2 Å². The summed E-state index contributed by atoms with van der Waals surface area (Å²) in [5, 5.41) is 2.85. The van der Waals surface area contributed by atoms with Gasteiger partial charge >= 0.3 is 6.18 Å². The Bertz CT molecular complexity index is 310. The third-order valence-electron chi connectivity index (χ3n) is 4.46. The molecule has 5 heteroatoms. The summed E-state index contributed by atoms with van der Waals surface area (Å²) in [5.74, 6) is -1.23. The number of alkyl halides is 3. The largest absolute Gasteiger partial charge is 0.391 e. The van der Waals surface area contributed by atoms with Crippen LogP contribution in [-0.4, -0.2) is 18.1 Å². The van der Waals surface area contributed by atoms with Crippen LogP contribution < -0.4 is 5.32 Å². The topological polar surface area (TPSA) is 29.1 Å². The molecule has 0 heterocycles. The van der Waals surface area contributed by atoms with E-state index in [-0.39, 0.29) is 30.7 Å². The van der Waals surface area contributed by atoms with Gasteiger partial charge in [-0.3, -0.25) is 4.79 Å². The molecule has 19 heavy (non-hydrogen) atoms. The second kappa shape index (κ2) is 6.14. The van der Waals surface area contributed by atoms with Crippen LogP contribution in [0.25, 0.3) is 0 Å². The molecule has 0 spiro atoms. The number of carbonyl (C=O) groups is 1. The fourth-order valence-electron chi connectivity index (χ4n) is 3.30. The Morgan fingerprint density at radius 3 is 2.26 bits per heavy atom. The van der Waals surface area contributed by atoms with Gasteiger partial charge in [0.15, 0.2) is 0 Å². The monoisotopic (exact) mass is 277 g/mol. The van der Waals surface area contributed by atoms with E-state index in [0.717, 1.165) is 25.7 Å². The second-order valence-electron chi connectivity index (χ2n) is 5.95. The van der Waals surface area contributed by atoms with Crippen molar-refractivity contribution >= 4 is 5.91 Å². The van der Waals surface area contributed by atoms with Gasteiger partial charge in [-0.25, -0.2) is 0 Å². The Labute approximate surface area is 112 Å². The van der Waals surface area contributed by atoms with Crippen LogP contribution in [0.3, 0.4) is 0 Å². The van der Waals surface area contributed by atoms with E-state index in [1.807, 2.05) is 0 Å². The maximum absolute atomic E-state index is 12.7. The number of hydrogen-bond donors (Lipinski definition) is 1. The molecule has 0 aromatic rings. The first kappa shape index (κ1) is 14.7. The minimum Gasteiger partial charge on any atom is -0.353 e. The first-order chi connectivity index (χ1) is 8.97. The second-order valence-corrected chi connectivity index (χ2v) is 5.95. The molecular weight excluding hydrogens is 255 g/mol. The van der Waals surface area contributed by atoms with Gasteiger partial charge in [0.1, 0.15) is 0 Å². The molecule has 2 aliphatic carbocycles. The quantitative estimate of drug-likeness (QED) is 0.817. The normalized spacial score (nSPS) is 30.1. The third kappa shape index (κ3) is 4.11. The van der Waals surface area contributed by atoms with Gasteiger partial charge in [0, 0.05) is 12.0 Å². The SMILES string of the molecule is O=C(N[C@@H]1CCC[C@@H](C(F)(F)F)C1)C1CCCCC1. The average Bonchev–Trinajstić information content (AvgIpc) is 2.39. The van der Waals surface area contributed by atoms with Crippen molar-refractivity contribution in [3.63, 3.8) is 0 Å². The third-order valence-corrected chi connectivity index (χ3v) is 4.46. The van der Waals surface area contributed by atoms with Crippen molar-refractivity contribution in [3.05, 3.63) is 0 Å². The van der Waals surface area contributed by atoms with Gasteiger partial charge in [-0.2, -0.15) is 13.2 Å². The summed E-state index contributed by atoms with van der Waals surface area (Å²) in [4.78, 5) is 12.0. The minimum absolute atomic E-state index is 0.0208. The Kier molecular flexibility index (Phi) is 4.74. The van der Waals surface area contributed by atoms with Crippen molar-refractivity contribution < 1.29 is 18.0 Å². The average molecular weight is 277 g/mol. The molecule has 2 rings (SSSR count). The molecule has 2 aliphatic rings. The number of amides is 1. The zero-order valence-electron chi connectivity index (χ0n) is 11.1. The van der Waals surface area contributed by atoms with Crippen LogP contribution in [0.5, 0.6) is 0 Å². The first-order valence-electron chi connectivity index (χ1n) is 7.34. The van der Waals surface area contributed by atoms with Gasteiger partial charge in [-0.15, -0.1) is 0 Å². The lowest BCUT2D eigenvalue weighted by Crippen LogP contribution is -2.44. The zero-order valence-corrected chi connectivity index (χ0v) is 11.1. The van der Waals surface area contributed by atoms with Crippen molar-refractivity contribution in [2.75, 3.05) is 0 Å². The molecule has 0 saturated heterocycles. The molecule has 110 valence electrons. The lowest BCUT2D eigenvalue weighted by atomic mass is 9.84. The molecule has 1 N–H and O–H groups in total. The Hall–Kier alpha value is -0.740. The van der Waals surface area contributed by atoms with Crippen molar-refractivity contribution in [1.82, 2.24) is 5.32 Å². The summed E-state index contributed by atoms with van der Waals surface area (Å²) >= 11 is 0. The lowest BCUT2D eigenvalue weighted by Gasteiger charge is -2.32. The van der Waals surface area contributed by atoms with Crippen LogP contribution in [-0.2, 0) is 4.79 Å². The van der Waals surface area contributed by atoms with Crippen molar-refractivity contribution in [1.29, 1.82) is 0 Å². The molecule has 0 bridgehead atoms.